The van der Waals surface area contributed by atoms with Gasteiger partial charge in [0.2, 0.25) is 5.91 Å². The summed E-state index contributed by atoms with van der Waals surface area (Å²) in [4.78, 5) is 49.5. The molecule has 0 spiro atoms. The van der Waals surface area contributed by atoms with Crippen LogP contribution in [0.3, 0.4) is 0 Å². The summed E-state index contributed by atoms with van der Waals surface area (Å²) in [5, 5.41) is 2.40. The highest BCUT2D eigenvalue weighted by Gasteiger charge is 2.25. The van der Waals surface area contributed by atoms with Crippen LogP contribution in [0.4, 0.5) is 5.69 Å². The maximum atomic E-state index is 12.0. The second kappa shape index (κ2) is 8.84. The van der Waals surface area contributed by atoms with Crippen molar-refractivity contribution in [2.45, 2.75) is 6.42 Å². The average molecular weight is 363 g/mol. The third kappa shape index (κ3) is 4.95. The van der Waals surface area contributed by atoms with Crippen molar-refractivity contribution in [3.05, 3.63) is 24.3 Å². The summed E-state index contributed by atoms with van der Waals surface area (Å²) in [5.74, 6) is -1.10. The predicted molar refractivity (Wildman–Crippen MR) is 91.6 cm³/mol. The number of esters is 1. The van der Waals surface area contributed by atoms with Crippen LogP contribution in [0.5, 0.6) is 5.75 Å². The first-order valence-corrected chi connectivity index (χ1v) is 8.04. The van der Waals surface area contributed by atoms with Gasteiger partial charge >= 0.3 is 5.97 Å². The van der Waals surface area contributed by atoms with E-state index in [1.165, 1.54) is 19.0 Å². The molecular weight excluding hydrogens is 342 g/mol. The van der Waals surface area contributed by atoms with Crippen LogP contribution in [0.15, 0.2) is 24.3 Å². The van der Waals surface area contributed by atoms with Crippen molar-refractivity contribution in [1.82, 2.24) is 10.2 Å². The van der Waals surface area contributed by atoms with E-state index in [-0.39, 0.29) is 37.9 Å². The van der Waals surface area contributed by atoms with Gasteiger partial charge in [0.05, 0.1) is 18.7 Å². The quantitative estimate of drug-likeness (QED) is 0.658. The number of carbonyl (C=O) groups excluding carboxylic acids is 4. The van der Waals surface area contributed by atoms with E-state index in [1.54, 1.807) is 24.3 Å². The molecular formula is C17H21N3O6. The number of para-hydroxylation sites is 2. The van der Waals surface area contributed by atoms with Crippen LogP contribution >= 0.6 is 0 Å². The van der Waals surface area contributed by atoms with Gasteiger partial charge in [0.25, 0.3) is 11.8 Å². The maximum absolute atomic E-state index is 12.0. The minimum atomic E-state index is -0.608. The fourth-order valence-corrected chi connectivity index (χ4v) is 2.31. The molecule has 9 nitrogen and oxygen atoms in total. The Kier molecular flexibility index (Phi) is 6.54. The largest absolute Gasteiger partial charge is 0.482 e. The van der Waals surface area contributed by atoms with E-state index in [9.17, 15) is 19.2 Å². The Morgan fingerprint density at radius 3 is 2.77 bits per heavy atom. The van der Waals surface area contributed by atoms with E-state index in [2.05, 4.69) is 5.32 Å². The minimum absolute atomic E-state index is 0.0630. The summed E-state index contributed by atoms with van der Waals surface area (Å²) in [6, 6.07) is 7.04. The van der Waals surface area contributed by atoms with Gasteiger partial charge in [-0.05, 0) is 12.1 Å². The molecule has 140 valence electrons. The number of nitrogens with one attached hydrogen (secondary N) is 1. The molecule has 0 saturated heterocycles. The molecule has 1 aromatic rings. The van der Waals surface area contributed by atoms with E-state index in [0.29, 0.717) is 11.4 Å². The number of hydrogen-bond donors (Lipinski definition) is 1. The molecule has 1 N–H and O–H groups in total. The highest BCUT2D eigenvalue weighted by atomic mass is 16.5. The number of benzene rings is 1. The Hall–Kier alpha value is -3.10. The van der Waals surface area contributed by atoms with Crippen LogP contribution in [-0.2, 0) is 23.9 Å². The van der Waals surface area contributed by atoms with Gasteiger partial charge in [0.15, 0.2) is 13.2 Å². The maximum Gasteiger partial charge on any atom is 0.308 e. The molecule has 1 heterocycles. The van der Waals surface area contributed by atoms with Crippen molar-refractivity contribution >= 4 is 29.4 Å². The minimum Gasteiger partial charge on any atom is -0.482 e. The molecule has 1 aliphatic heterocycles. The van der Waals surface area contributed by atoms with Crippen LogP contribution in [0, 0.1) is 0 Å². The first kappa shape index (κ1) is 19.2. The van der Waals surface area contributed by atoms with E-state index < -0.39 is 18.5 Å². The molecule has 2 rings (SSSR count). The summed E-state index contributed by atoms with van der Waals surface area (Å²) >= 11 is 0. The predicted octanol–water partition coefficient (Wildman–Crippen LogP) is -0.450. The lowest BCUT2D eigenvalue weighted by atomic mass is 10.2. The zero-order valence-electron chi connectivity index (χ0n) is 14.7. The van der Waals surface area contributed by atoms with Gasteiger partial charge in [-0.15, -0.1) is 0 Å². The highest BCUT2D eigenvalue weighted by molar-refractivity contribution is 5.98. The number of hydrogen-bond acceptors (Lipinski definition) is 6. The molecule has 0 aromatic heterocycles. The number of ether oxygens (including phenoxy) is 2. The average Bonchev–Trinajstić information content (AvgIpc) is 2.64. The van der Waals surface area contributed by atoms with Crippen molar-refractivity contribution in [2.75, 3.05) is 45.3 Å². The number of likely N-dealkylation sites (N-methyl/N-ethyl adjacent to an activating group) is 2. The Morgan fingerprint density at radius 1 is 1.31 bits per heavy atom. The Balaban J connectivity index is 1.81. The molecule has 26 heavy (non-hydrogen) atoms. The van der Waals surface area contributed by atoms with Crippen LogP contribution in [0.2, 0.25) is 0 Å². The molecule has 0 unspecified atom stereocenters. The molecule has 0 fully saturated rings. The third-order valence-electron chi connectivity index (χ3n) is 3.79. The summed E-state index contributed by atoms with van der Waals surface area (Å²) < 4.78 is 10.3. The fourth-order valence-electron chi connectivity index (χ4n) is 2.31. The van der Waals surface area contributed by atoms with E-state index in [0.717, 1.165) is 4.90 Å². The summed E-state index contributed by atoms with van der Waals surface area (Å²) in [6.45, 7) is -0.541. The Labute approximate surface area is 150 Å². The van der Waals surface area contributed by atoms with Crippen LogP contribution in [-0.4, -0.2) is 69.0 Å². The van der Waals surface area contributed by atoms with Crippen molar-refractivity contribution < 1.29 is 28.7 Å². The van der Waals surface area contributed by atoms with E-state index in [4.69, 9.17) is 9.47 Å². The van der Waals surface area contributed by atoms with Crippen LogP contribution < -0.4 is 15.0 Å². The van der Waals surface area contributed by atoms with Crippen LogP contribution in [0.25, 0.3) is 0 Å². The van der Waals surface area contributed by atoms with Gasteiger partial charge in [0, 0.05) is 20.6 Å². The third-order valence-corrected chi connectivity index (χ3v) is 3.79. The number of fused-ring (bicyclic) bond motifs is 1. The number of carbonyl (C=O) groups is 4. The number of amides is 3. The van der Waals surface area contributed by atoms with Gasteiger partial charge in [0.1, 0.15) is 5.75 Å². The summed E-state index contributed by atoms with van der Waals surface area (Å²) in [7, 11) is 2.90. The molecule has 0 bridgehead atoms. The number of rotatable bonds is 7. The second-order valence-electron chi connectivity index (χ2n) is 5.64. The smallest absolute Gasteiger partial charge is 0.308 e. The molecule has 0 aliphatic carbocycles. The molecule has 0 radical (unpaired) electrons. The van der Waals surface area contributed by atoms with Crippen molar-refractivity contribution in [2.24, 2.45) is 0 Å². The summed E-state index contributed by atoms with van der Waals surface area (Å²) in [5.41, 5.74) is 0.595. The SMILES string of the molecule is CNC(=O)CN(C)C(=O)COC(=O)CCN1C(=O)COc2ccccc21. The van der Waals surface area contributed by atoms with Gasteiger partial charge in [-0.25, -0.2) is 0 Å². The van der Waals surface area contributed by atoms with Crippen molar-refractivity contribution in [3.8, 4) is 5.75 Å². The van der Waals surface area contributed by atoms with E-state index >= 15 is 0 Å². The van der Waals surface area contributed by atoms with Gasteiger partial charge in [-0.1, -0.05) is 12.1 Å². The van der Waals surface area contributed by atoms with Crippen LogP contribution in [0.1, 0.15) is 6.42 Å². The van der Waals surface area contributed by atoms with Gasteiger partial charge in [-0.2, -0.15) is 0 Å². The monoisotopic (exact) mass is 363 g/mol. The Bertz CT molecular complexity index is 705. The fraction of sp³-hybridized carbons (Fsp3) is 0.412. The lowest BCUT2D eigenvalue weighted by Gasteiger charge is -2.29. The standard InChI is InChI=1S/C17H21N3O6/c1-18-14(21)9-19(2)15(22)10-26-17(24)7-8-20-12-5-3-4-6-13(12)25-11-16(20)23/h3-6H,7-11H2,1-2H3,(H,18,21). The first-order valence-electron chi connectivity index (χ1n) is 8.04. The van der Waals surface area contributed by atoms with Crippen molar-refractivity contribution in [1.29, 1.82) is 0 Å². The van der Waals surface area contributed by atoms with E-state index in [1.807, 2.05) is 0 Å². The first-order chi connectivity index (χ1) is 12.4. The van der Waals surface area contributed by atoms with Gasteiger partial charge < -0.3 is 24.6 Å². The van der Waals surface area contributed by atoms with Crippen molar-refractivity contribution in [3.63, 3.8) is 0 Å². The number of anilines is 1. The molecule has 1 aromatic carbocycles. The molecule has 1 aliphatic rings. The molecule has 9 heteroatoms. The highest BCUT2D eigenvalue weighted by Crippen LogP contribution is 2.31. The Morgan fingerprint density at radius 2 is 2.04 bits per heavy atom. The zero-order valence-corrected chi connectivity index (χ0v) is 14.7. The normalized spacial score (nSPS) is 12.7. The lowest BCUT2D eigenvalue weighted by molar-refractivity contribution is -0.151. The molecule has 3 amide bonds. The molecule has 0 atom stereocenters. The zero-order chi connectivity index (χ0) is 19.1. The second-order valence-corrected chi connectivity index (χ2v) is 5.64. The number of nitrogens with zero attached hydrogens (tertiary/aromatic N) is 2. The van der Waals surface area contributed by atoms with Gasteiger partial charge in [-0.3, -0.25) is 19.2 Å². The molecule has 0 saturated carbocycles. The lowest BCUT2D eigenvalue weighted by Crippen LogP contribution is -2.40. The summed E-state index contributed by atoms with van der Waals surface area (Å²) in [6.07, 6.45) is -0.0630. The topological polar surface area (TPSA) is 105 Å².